The summed E-state index contributed by atoms with van der Waals surface area (Å²) in [5.41, 5.74) is 6.77. The average molecular weight is 253 g/mol. The van der Waals surface area contributed by atoms with Crippen molar-refractivity contribution < 1.29 is 9.21 Å². The highest BCUT2D eigenvalue weighted by molar-refractivity contribution is 6.31. The highest BCUT2D eigenvalue weighted by atomic mass is 35.5. The van der Waals surface area contributed by atoms with Crippen LogP contribution >= 0.6 is 11.6 Å². The Morgan fingerprint density at radius 1 is 1.53 bits per heavy atom. The van der Waals surface area contributed by atoms with Crippen molar-refractivity contribution in [1.29, 1.82) is 0 Å². The fraction of sp³-hybridized carbons (Fsp3) is 0.250. The lowest BCUT2D eigenvalue weighted by Crippen LogP contribution is -2.29. The predicted octanol–water partition coefficient (Wildman–Crippen LogP) is 2.08. The monoisotopic (exact) mass is 252 g/mol. The van der Waals surface area contributed by atoms with Gasteiger partial charge in [-0.2, -0.15) is 0 Å². The van der Waals surface area contributed by atoms with Gasteiger partial charge in [0, 0.05) is 29.1 Å². The Morgan fingerprint density at radius 2 is 2.29 bits per heavy atom. The van der Waals surface area contributed by atoms with Crippen molar-refractivity contribution in [2.75, 3.05) is 13.1 Å². The summed E-state index contributed by atoms with van der Waals surface area (Å²) in [4.78, 5) is 11.8. The number of nitrogens with one attached hydrogen (secondary N) is 1. The molecule has 0 bridgehead atoms. The molecule has 1 aromatic heterocycles. The molecule has 0 spiro atoms. The number of rotatable bonds is 3. The van der Waals surface area contributed by atoms with Gasteiger partial charge in [0.1, 0.15) is 5.58 Å². The Morgan fingerprint density at radius 3 is 3.00 bits per heavy atom. The van der Waals surface area contributed by atoms with Crippen LogP contribution in [-0.2, 0) is 0 Å². The van der Waals surface area contributed by atoms with Crippen molar-refractivity contribution in [2.45, 2.75) is 6.92 Å². The Hall–Kier alpha value is -1.52. The second kappa shape index (κ2) is 4.77. The fourth-order valence-electron chi connectivity index (χ4n) is 1.68. The van der Waals surface area contributed by atoms with Gasteiger partial charge in [0.2, 0.25) is 0 Å². The molecular formula is C12H13ClN2O2. The van der Waals surface area contributed by atoms with E-state index in [4.69, 9.17) is 21.8 Å². The number of amides is 1. The Kier molecular flexibility index (Phi) is 3.36. The third-order valence-corrected chi connectivity index (χ3v) is 2.77. The Balaban J connectivity index is 2.42. The van der Waals surface area contributed by atoms with Gasteiger partial charge in [-0.1, -0.05) is 11.6 Å². The zero-order valence-electron chi connectivity index (χ0n) is 9.42. The van der Waals surface area contributed by atoms with E-state index in [9.17, 15) is 4.79 Å². The molecule has 2 rings (SSSR count). The first-order valence-corrected chi connectivity index (χ1v) is 5.68. The van der Waals surface area contributed by atoms with E-state index >= 15 is 0 Å². The molecule has 0 aliphatic carbocycles. The summed E-state index contributed by atoms with van der Waals surface area (Å²) >= 11 is 5.90. The molecule has 5 heteroatoms. The van der Waals surface area contributed by atoms with Crippen LogP contribution in [0.25, 0.3) is 11.0 Å². The van der Waals surface area contributed by atoms with E-state index in [1.807, 2.05) is 6.92 Å². The number of benzene rings is 1. The van der Waals surface area contributed by atoms with Gasteiger partial charge >= 0.3 is 0 Å². The number of hydrogen-bond donors (Lipinski definition) is 2. The zero-order valence-corrected chi connectivity index (χ0v) is 10.2. The molecule has 1 amide bonds. The molecule has 0 unspecified atom stereocenters. The van der Waals surface area contributed by atoms with Crippen molar-refractivity contribution >= 4 is 28.5 Å². The van der Waals surface area contributed by atoms with E-state index < -0.39 is 0 Å². The number of carbonyl (C=O) groups excluding carboxylic acids is 1. The molecule has 2 aromatic rings. The fourth-order valence-corrected chi connectivity index (χ4v) is 1.85. The Labute approximate surface area is 104 Å². The summed E-state index contributed by atoms with van der Waals surface area (Å²) in [6.07, 6.45) is 0. The number of halogens is 1. The summed E-state index contributed by atoms with van der Waals surface area (Å²) in [7, 11) is 0. The van der Waals surface area contributed by atoms with Gasteiger partial charge in [-0.15, -0.1) is 0 Å². The van der Waals surface area contributed by atoms with Gasteiger partial charge in [-0.3, -0.25) is 4.79 Å². The molecule has 0 radical (unpaired) electrons. The van der Waals surface area contributed by atoms with Gasteiger partial charge in [0.15, 0.2) is 5.76 Å². The van der Waals surface area contributed by atoms with E-state index in [0.29, 0.717) is 29.5 Å². The topological polar surface area (TPSA) is 68.3 Å². The van der Waals surface area contributed by atoms with Crippen LogP contribution in [0.4, 0.5) is 0 Å². The number of furan rings is 1. The van der Waals surface area contributed by atoms with E-state index in [-0.39, 0.29) is 5.91 Å². The molecule has 0 atom stereocenters. The maximum absolute atomic E-state index is 11.8. The van der Waals surface area contributed by atoms with E-state index in [0.717, 1.165) is 10.9 Å². The van der Waals surface area contributed by atoms with Gasteiger partial charge in [-0.05, 0) is 25.1 Å². The van der Waals surface area contributed by atoms with Crippen LogP contribution in [0, 0.1) is 6.92 Å². The normalized spacial score (nSPS) is 10.8. The standard InChI is InChI=1S/C12H13ClN2O2/c1-7-9-6-8(13)2-3-10(9)17-11(7)12(16)15-5-4-14/h2-3,6H,4-5,14H2,1H3,(H,15,16). The molecule has 17 heavy (non-hydrogen) atoms. The van der Waals surface area contributed by atoms with E-state index in [1.165, 1.54) is 0 Å². The SMILES string of the molecule is Cc1c(C(=O)NCCN)oc2ccc(Cl)cc12. The van der Waals surface area contributed by atoms with Crippen LogP contribution in [0.15, 0.2) is 22.6 Å². The molecule has 1 heterocycles. The molecule has 0 aliphatic heterocycles. The minimum absolute atomic E-state index is 0.250. The molecule has 0 saturated heterocycles. The molecule has 4 nitrogen and oxygen atoms in total. The number of nitrogens with two attached hydrogens (primary N) is 1. The number of carbonyl (C=O) groups is 1. The maximum atomic E-state index is 11.8. The highest BCUT2D eigenvalue weighted by Gasteiger charge is 2.17. The van der Waals surface area contributed by atoms with Crippen LogP contribution in [-0.4, -0.2) is 19.0 Å². The lowest BCUT2D eigenvalue weighted by atomic mass is 10.1. The van der Waals surface area contributed by atoms with Crippen molar-refractivity contribution in [3.8, 4) is 0 Å². The third-order valence-electron chi connectivity index (χ3n) is 2.53. The minimum Gasteiger partial charge on any atom is -0.451 e. The first-order valence-electron chi connectivity index (χ1n) is 5.30. The smallest absolute Gasteiger partial charge is 0.287 e. The van der Waals surface area contributed by atoms with Gasteiger partial charge in [-0.25, -0.2) is 0 Å². The van der Waals surface area contributed by atoms with Crippen molar-refractivity contribution in [2.24, 2.45) is 5.73 Å². The quantitative estimate of drug-likeness (QED) is 0.879. The Bertz CT molecular complexity index is 563. The lowest BCUT2D eigenvalue weighted by Gasteiger charge is -2.00. The third kappa shape index (κ3) is 2.28. The molecule has 0 saturated carbocycles. The molecule has 1 aromatic carbocycles. The minimum atomic E-state index is -0.250. The number of hydrogen-bond acceptors (Lipinski definition) is 3. The first kappa shape index (κ1) is 12.0. The van der Waals surface area contributed by atoms with Crippen LogP contribution in [0.1, 0.15) is 16.1 Å². The zero-order chi connectivity index (χ0) is 12.4. The summed E-state index contributed by atoms with van der Waals surface area (Å²) in [6.45, 7) is 2.66. The van der Waals surface area contributed by atoms with Gasteiger partial charge < -0.3 is 15.5 Å². The van der Waals surface area contributed by atoms with Gasteiger partial charge in [0.05, 0.1) is 0 Å². The number of aryl methyl sites for hydroxylation is 1. The van der Waals surface area contributed by atoms with Crippen molar-refractivity contribution in [3.63, 3.8) is 0 Å². The summed E-state index contributed by atoms with van der Waals surface area (Å²) in [5, 5.41) is 4.15. The van der Waals surface area contributed by atoms with E-state index in [1.54, 1.807) is 18.2 Å². The lowest BCUT2D eigenvalue weighted by molar-refractivity contribution is 0.0928. The van der Waals surface area contributed by atoms with Crippen LogP contribution in [0.2, 0.25) is 5.02 Å². The largest absolute Gasteiger partial charge is 0.451 e. The van der Waals surface area contributed by atoms with Crippen LogP contribution < -0.4 is 11.1 Å². The maximum Gasteiger partial charge on any atom is 0.287 e. The van der Waals surface area contributed by atoms with Crippen LogP contribution in [0.3, 0.4) is 0 Å². The van der Waals surface area contributed by atoms with Crippen molar-refractivity contribution in [3.05, 3.63) is 34.5 Å². The van der Waals surface area contributed by atoms with Crippen LogP contribution in [0.5, 0.6) is 0 Å². The van der Waals surface area contributed by atoms with Crippen molar-refractivity contribution in [1.82, 2.24) is 5.32 Å². The second-order valence-electron chi connectivity index (χ2n) is 3.74. The second-order valence-corrected chi connectivity index (χ2v) is 4.18. The highest BCUT2D eigenvalue weighted by Crippen LogP contribution is 2.27. The summed E-state index contributed by atoms with van der Waals surface area (Å²) in [6, 6.07) is 5.27. The molecule has 3 N–H and O–H groups in total. The first-order chi connectivity index (χ1) is 8.13. The van der Waals surface area contributed by atoms with Gasteiger partial charge in [0.25, 0.3) is 5.91 Å². The molecular weight excluding hydrogens is 240 g/mol. The summed E-state index contributed by atoms with van der Waals surface area (Å²) in [5.74, 6) is 0.0657. The predicted molar refractivity (Wildman–Crippen MR) is 67.3 cm³/mol. The molecule has 90 valence electrons. The summed E-state index contributed by atoms with van der Waals surface area (Å²) < 4.78 is 5.50. The number of fused-ring (bicyclic) bond motifs is 1. The average Bonchev–Trinajstić information content (AvgIpc) is 2.64. The van der Waals surface area contributed by atoms with E-state index in [2.05, 4.69) is 5.32 Å². The molecule has 0 aliphatic rings. The molecule has 0 fully saturated rings.